The molecule has 1 aromatic carbocycles. The van der Waals surface area contributed by atoms with Gasteiger partial charge in [0.15, 0.2) is 0 Å². The molecule has 1 saturated carbocycles. The molecule has 0 atom stereocenters. The Labute approximate surface area is 104 Å². The molecule has 0 aromatic heterocycles. The lowest BCUT2D eigenvalue weighted by atomic mass is 9.70. The molecule has 0 spiro atoms. The number of carbonyl (C=O) groups excluding carboxylic acids is 1. The van der Waals surface area contributed by atoms with Crippen LogP contribution >= 0.6 is 15.9 Å². The number of nitrogens with zero attached hydrogens (tertiary/aromatic N) is 1. The number of aryl methyl sites for hydroxylation is 1. The van der Waals surface area contributed by atoms with Gasteiger partial charge in [-0.3, -0.25) is 0 Å². The number of halogens is 1. The van der Waals surface area contributed by atoms with Crippen molar-refractivity contribution in [2.24, 2.45) is 4.99 Å². The lowest BCUT2D eigenvalue weighted by Gasteiger charge is -2.38. The summed E-state index contributed by atoms with van der Waals surface area (Å²) in [5, 5.41) is 0. The Balaban J connectivity index is 2.52. The van der Waals surface area contributed by atoms with Crippen LogP contribution in [0.4, 0.5) is 0 Å². The molecule has 1 aromatic rings. The lowest BCUT2D eigenvalue weighted by Crippen LogP contribution is -2.33. The van der Waals surface area contributed by atoms with Crippen molar-refractivity contribution < 1.29 is 4.79 Å². The molecule has 1 aliphatic carbocycles. The van der Waals surface area contributed by atoms with E-state index in [0.717, 1.165) is 30.2 Å². The Bertz CT molecular complexity index is 445. The van der Waals surface area contributed by atoms with E-state index < -0.39 is 0 Å². The van der Waals surface area contributed by atoms with Crippen molar-refractivity contribution in [3.63, 3.8) is 0 Å². The van der Waals surface area contributed by atoms with Crippen LogP contribution in [0.25, 0.3) is 0 Å². The predicted octanol–water partition coefficient (Wildman–Crippen LogP) is 3.73. The van der Waals surface area contributed by atoms with Crippen molar-refractivity contribution in [3.8, 4) is 0 Å². The first-order valence-electron chi connectivity index (χ1n) is 5.60. The van der Waals surface area contributed by atoms with E-state index in [-0.39, 0.29) is 5.54 Å². The van der Waals surface area contributed by atoms with Gasteiger partial charge in [-0.1, -0.05) is 28.9 Å². The smallest absolute Gasteiger partial charge is 0.211 e. The molecule has 0 saturated heterocycles. The lowest BCUT2D eigenvalue weighted by molar-refractivity contribution is 0.254. The van der Waals surface area contributed by atoms with Crippen LogP contribution in [0.1, 0.15) is 37.3 Å². The van der Waals surface area contributed by atoms with Crippen LogP contribution in [-0.2, 0) is 16.8 Å². The average Bonchev–Trinajstić information content (AvgIpc) is 2.23. The zero-order valence-corrected chi connectivity index (χ0v) is 10.9. The van der Waals surface area contributed by atoms with Gasteiger partial charge in [0.1, 0.15) is 0 Å². The van der Waals surface area contributed by atoms with E-state index in [2.05, 4.69) is 40.0 Å². The van der Waals surface area contributed by atoms with Gasteiger partial charge < -0.3 is 0 Å². The van der Waals surface area contributed by atoms with Gasteiger partial charge in [-0.05, 0) is 48.9 Å². The second-order valence-electron chi connectivity index (χ2n) is 4.24. The molecule has 84 valence electrons. The quantitative estimate of drug-likeness (QED) is 0.612. The Morgan fingerprint density at radius 3 is 2.75 bits per heavy atom. The molecule has 0 radical (unpaired) electrons. The van der Waals surface area contributed by atoms with Gasteiger partial charge in [-0.15, -0.1) is 0 Å². The van der Waals surface area contributed by atoms with E-state index in [4.69, 9.17) is 0 Å². The molecule has 0 N–H and O–H groups in total. The standard InChI is InChI=1S/C13H14BrNO/c1-2-10-4-5-11(14)8-12(10)13(15-9-16)6-3-7-13/h4-5,8H,2-3,6-7H2,1H3. The van der Waals surface area contributed by atoms with Crippen LogP contribution in [0.3, 0.4) is 0 Å². The van der Waals surface area contributed by atoms with Crippen molar-refractivity contribution in [3.05, 3.63) is 33.8 Å². The van der Waals surface area contributed by atoms with Crippen molar-refractivity contribution in [1.29, 1.82) is 0 Å². The van der Waals surface area contributed by atoms with E-state index in [1.807, 2.05) is 6.07 Å². The van der Waals surface area contributed by atoms with E-state index in [1.165, 1.54) is 11.1 Å². The maximum Gasteiger partial charge on any atom is 0.235 e. The normalized spacial score (nSPS) is 17.4. The summed E-state index contributed by atoms with van der Waals surface area (Å²) in [6.07, 6.45) is 5.78. The van der Waals surface area contributed by atoms with Gasteiger partial charge in [0.25, 0.3) is 0 Å². The fourth-order valence-electron chi connectivity index (χ4n) is 2.33. The summed E-state index contributed by atoms with van der Waals surface area (Å²) in [6, 6.07) is 6.25. The van der Waals surface area contributed by atoms with Crippen molar-refractivity contribution in [2.75, 3.05) is 0 Å². The first-order valence-corrected chi connectivity index (χ1v) is 6.39. The highest BCUT2D eigenvalue weighted by molar-refractivity contribution is 9.10. The molecule has 0 heterocycles. The van der Waals surface area contributed by atoms with Gasteiger partial charge in [-0.2, -0.15) is 4.99 Å². The topological polar surface area (TPSA) is 29.4 Å². The third kappa shape index (κ3) is 1.85. The van der Waals surface area contributed by atoms with Crippen LogP contribution in [-0.4, -0.2) is 6.08 Å². The Morgan fingerprint density at radius 2 is 2.25 bits per heavy atom. The highest BCUT2D eigenvalue weighted by Gasteiger charge is 2.40. The molecule has 0 amide bonds. The van der Waals surface area contributed by atoms with Crippen LogP contribution in [0.5, 0.6) is 0 Å². The summed E-state index contributed by atoms with van der Waals surface area (Å²) in [7, 11) is 0. The van der Waals surface area contributed by atoms with Gasteiger partial charge >= 0.3 is 0 Å². The van der Waals surface area contributed by atoms with Gasteiger partial charge in [0.05, 0.1) is 5.54 Å². The minimum Gasteiger partial charge on any atom is -0.211 e. The number of hydrogen-bond acceptors (Lipinski definition) is 2. The molecule has 0 unspecified atom stereocenters. The highest BCUT2D eigenvalue weighted by Crippen LogP contribution is 2.46. The maximum absolute atomic E-state index is 10.6. The number of aliphatic imine (C=N–C) groups is 1. The zero-order chi connectivity index (χ0) is 11.6. The highest BCUT2D eigenvalue weighted by atomic mass is 79.9. The molecular weight excluding hydrogens is 266 g/mol. The van der Waals surface area contributed by atoms with E-state index in [0.29, 0.717) is 0 Å². The second-order valence-corrected chi connectivity index (χ2v) is 5.16. The van der Waals surface area contributed by atoms with Gasteiger partial charge in [-0.25, -0.2) is 4.79 Å². The number of benzene rings is 1. The average molecular weight is 280 g/mol. The van der Waals surface area contributed by atoms with Crippen LogP contribution in [0.2, 0.25) is 0 Å². The first-order chi connectivity index (χ1) is 7.72. The van der Waals surface area contributed by atoms with Gasteiger partial charge in [0.2, 0.25) is 6.08 Å². The molecule has 0 bridgehead atoms. The molecule has 1 fully saturated rings. The Kier molecular flexibility index (Phi) is 3.27. The van der Waals surface area contributed by atoms with Gasteiger partial charge in [0, 0.05) is 4.47 Å². The second kappa shape index (κ2) is 4.52. The van der Waals surface area contributed by atoms with Crippen molar-refractivity contribution in [2.45, 2.75) is 38.1 Å². The molecule has 2 nitrogen and oxygen atoms in total. The summed E-state index contributed by atoms with van der Waals surface area (Å²) in [5.74, 6) is 0. The Hall–Kier alpha value is -0.920. The summed E-state index contributed by atoms with van der Waals surface area (Å²) >= 11 is 3.48. The van der Waals surface area contributed by atoms with Crippen LogP contribution in [0, 0.1) is 0 Å². The molecule has 0 aliphatic heterocycles. The van der Waals surface area contributed by atoms with E-state index >= 15 is 0 Å². The molecule has 2 rings (SSSR count). The minimum atomic E-state index is -0.281. The van der Waals surface area contributed by atoms with Crippen LogP contribution in [0.15, 0.2) is 27.7 Å². The molecular formula is C13H14BrNO. The number of isocyanates is 1. The predicted molar refractivity (Wildman–Crippen MR) is 67.2 cm³/mol. The van der Waals surface area contributed by atoms with Crippen LogP contribution < -0.4 is 0 Å². The first kappa shape index (κ1) is 11.6. The zero-order valence-electron chi connectivity index (χ0n) is 9.29. The summed E-state index contributed by atoms with van der Waals surface area (Å²) in [5.41, 5.74) is 2.19. The fraction of sp³-hybridized carbons (Fsp3) is 0.462. The summed E-state index contributed by atoms with van der Waals surface area (Å²) in [4.78, 5) is 14.6. The summed E-state index contributed by atoms with van der Waals surface area (Å²) in [6.45, 7) is 2.13. The largest absolute Gasteiger partial charge is 0.235 e. The van der Waals surface area contributed by atoms with E-state index in [9.17, 15) is 4.79 Å². The molecule has 16 heavy (non-hydrogen) atoms. The Morgan fingerprint density at radius 1 is 1.50 bits per heavy atom. The van der Waals surface area contributed by atoms with Crippen molar-refractivity contribution in [1.82, 2.24) is 0 Å². The fourth-order valence-corrected chi connectivity index (χ4v) is 2.69. The minimum absolute atomic E-state index is 0.281. The molecule has 3 heteroatoms. The molecule has 1 aliphatic rings. The van der Waals surface area contributed by atoms with E-state index in [1.54, 1.807) is 6.08 Å². The number of hydrogen-bond donors (Lipinski definition) is 0. The van der Waals surface area contributed by atoms with Crippen molar-refractivity contribution >= 4 is 22.0 Å². The maximum atomic E-state index is 10.6. The monoisotopic (exact) mass is 279 g/mol. The third-order valence-corrected chi connectivity index (χ3v) is 3.89. The third-order valence-electron chi connectivity index (χ3n) is 3.39. The number of rotatable bonds is 3. The SMILES string of the molecule is CCc1ccc(Br)cc1C1(N=C=O)CCC1. The summed E-state index contributed by atoms with van der Waals surface area (Å²) < 4.78 is 1.05.